The van der Waals surface area contributed by atoms with Crippen molar-refractivity contribution in [3.63, 3.8) is 0 Å². The molecule has 9 aromatic rings. The fraction of sp³-hybridized carbons (Fsp3) is 0. The van der Waals surface area contributed by atoms with Gasteiger partial charge in [-0.25, -0.2) is 0 Å². The lowest BCUT2D eigenvalue weighted by molar-refractivity contribution is 1.17. The molecule has 2 nitrogen and oxygen atoms in total. The molecule has 0 unspecified atom stereocenters. The van der Waals surface area contributed by atoms with Crippen molar-refractivity contribution < 1.29 is 0 Å². The Hall–Kier alpha value is -6.64. The first-order chi connectivity index (χ1) is 24.8. The number of fused-ring (bicyclic) bond motifs is 3. The Morgan fingerprint density at radius 2 is 0.720 bits per heavy atom. The van der Waals surface area contributed by atoms with Gasteiger partial charge >= 0.3 is 0 Å². The van der Waals surface area contributed by atoms with E-state index in [4.69, 9.17) is 0 Å². The average molecular weight is 639 g/mol. The first-order valence-corrected chi connectivity index (χ1v) is 17.1. The van der Waals surface area contributed by atoms with Gasteiger partial charge in [-0.1, -0.05) is 146 Å². The minimum Gasteiger partial charge on any atom is -0.310 e. The van der Waals surface area contributed by atoms with Gasteiger partial charge in [-0.2, -0.15) is 0 Å². The van der Waals surface area contributed by atoms with Gasteiger partial charge in [-0.15, -0.1) is 0 Å². The molecule has 0 fully saturated rings. The van der Waals surface area contributed by atoms with E-state index in [2.05, 4.69) is 216 Å². The largest absolute Gasteiger partial charge is 0.310 e. The van der Waals surface area contributed by atoms with Crippen LogP contribution < -0.4 is 4.90 Å². The van der Waals surface area contributed by atoms with E-state index in [1.165, 1.54) is 55.2 Å². The van der Waals surface area contributed by atoms with Crippen LogP contribution in [0.1, 0.15) is 0 Å². The third-order valence-electron chi connectivity index (χ3n) is 9.61. The second-order valence-electron chi connectivity index (χ2n) is 12.6. The van der Waals surface area contributed by atoms with Gasteiger partial charge < -0.3 is 9.47 Å². The predicted molar refractivity (Wildman–Crippen MR) is 212 cm³/mol. The van der Waals surface area contributed by atoms with Crippen LogP contribution in [0, 0.1) is 0 Å². The number of hydrogen-bond donors (Lipinski definition) is 0. The zero-order valence-electron chi connectivity index (χ0n) is 27.5. The van der Waals surface area contributed by atoms with Gasteiger partial charge in [0.15, 0.2) is 0 Å². The van der Waals surface area contributed by atoms with Gasteiger partial charge in [0.2, 0.25) is 0 Å². The van der Waals surface area contributed by atoms with Crippen molar-refractivity contribution >= 4 is 38.9 Å². The van der Waals surface area contributed by atoms with Gasteiger partial charge in [0.05, 0.1) is 11.0 Å². The summed E-state index contributed by atoms with van der Waals surface area (Å²) < 4.78 is 2.37. The number of aromatic nitrogens is 1. The molecule has 0 N–H and O–H groups in total. The lowest BCUT2D eigenvalue weighted by Gasteiger charge is -2.27. The highest BCUT2D eigenvalue weighted by molar-refractivity contribution is 6.09. The Kier molecular flexibility index (Phi) is 7.53. The van der Waals surface area contributed by atoms with Crippen LogP contribution in [0.5, 0.6) is 0 Å². The fourth-order valence-electron chi connectivity index (χ4n) is 7.23. The van der Waals surface area contributed by atoms with E-state index in [-0.39, 0.29) is 0 Å². The lowest BCUT2D eigenvalue weighted by Crippen LogP contribution is -2.10. The summed E-state index contributed by atoms with van der Waals surface area (Å²) in [5, 5.41) is 2.53. The van der Waals surface area contributed by atoms with Crippen molar-refractivity contribution in [2.24, 2.45) is 0 Å². The highest BCUT2D eigenvalue weighted by atomic mass is 15.1. The Labute approximate surface area is 292 Å². The summed E-state index contributed by atoms with van der Waals surface area (Å²) in [6.45, 7) is 0. The third kappa shape index (κ3) is 5.34. The Balaban J connectivity index is 1.20. The topological polar surface area (TPSA) is 8.17 Å². The van der Waals surface area contributed by atoms with Crippen molar-refractivity contribution in [2.45, 2.75) is 0 Å². The summed E-state index contributed by atoms with van der Waals surface area (Å²) in [7, 11) is 0. The first kappa shape index (κ1) is 29.5. The predicted octanol–water partition coefficient (Wildman–Crippen LogP) is 13.3. The van der Waals surface area contributed by atoms with Crippen LogP contribution in [0.3, 0.4) is 0 Å². The minimum atomic E-state index is 1.09. The summed E-state index contributed by atoms with van der Waals surface area (Å²) in [6, 6.07) is 74.0. The second-order valence-corrected chi connectivity index (χ2v) is 12.6. The van der Waals surface area contributed by atoms with Crippen LogP contribution in [-0.2, 0) is 0 Å². The maximum Gasteiger partial charge on any atom is 0.0541 e. The number of nitrogens with zero attached hydrogens (tertiary/aromatic N) is 2. The third-order valence-corrected chi connectivity index (χ3v) is 9.61. The molecule has 50 heavy (non-hydrogen) atoms. The molecule has 8 aromatic carbocycles. The van der Waals surface area contributed by atoms with Crippen LogP contribution in [0.2, 0.25) is 0 Å². The SMILES string of the molecule is c1ccc(-c2ccc(N(c3ccc(-n4c5ccccc5c5ccccc54)cc3)c3ccc(-c4ccccc4)c(-c4ccccc4)c3)cc2)cc1. The number of para-hydroxylation sites is 2. The molecular formula is C48H34N2. The minimum absolute atomic E-state index is 1.09. The summed E-state index contributed by atoms with van der Waals surface area (Å²) >= 11 is 0. The van der Waals surface area contributed by atoms with Gasteiger partial charge in [0.1, 0.15) is 0 Å². The number of benzene rings is 8. The molecule has 0 saturated heterocycles. The highest BCUT2D eigenvalue weighted by Gasteiger charge is 2.18. The molecule has 0 spiro atoms. The lowest BCUT2D eigenvalue weighted by atomic mass is 9.93. The van der Waals surface area contributed by atoms with Crippen LogP contribution in [0.25, 0.3) is 60.9 Å². The van der Waals surface area contributed by atoms with Crippen molar-refractivity contribution in [1.82, 2.24) is 4.57 Å². The maximum absolute atomic E-state index is 2.37. The zero-order valence-corrected chi connectivity index (χ0v) is 27.5. The molecule has 2 heteroatoms. The van der Waals surface area contributed by atoms with E-state index in [1.54, 1.807) is 0 Å². The standard InChI is InChI=1S/C48H34N2/c1-4-14-35(15-5-1)36-24-26-39(27-25-36)49(42-32-33-43(37-16-6-2-7-17-37)46(34-42)38-18-8-3-9-19-38)40-28-30-41(31-29-40)50-47-22-12-10-20-44(47)45-21-11-13-23-48(45)50/h1-34H. The first-order valence-electron chi connectivity index (χ1n) is 17.1. The molecule has 0 aliphatic rings. The van der Waals surface area contributed by atoms with Crippen LogP contribution >= 0.6 is 0 Å². The van der Waals surface area contributed by atoms with Gasteiger partial charge in [0, 0.05) is 33.5 Å². The number of anilines is 3. The Morgan fingerprint density at radius 3 is 1.28 bits per heavy atom. The van der Waals surface area contributed by atoms with E-state index in [0.29, 0.717) is 0 Å². The highest BCUT2D eigenvalue weighted by Crippen LogP contribution is 2.42. The number of rotatable bonds is 7. The van der Waals surface area contributed by atoms with E-state index >= 15 is 0 Å². The van der Waals surface area contributed by atoms with Crippen molar-refractivity contribution in [3.05, 3.63) is 206 Å². The molecule has 1 heterocycles. The second kappa shape index (κ2) is 12.8. The maximum atomic E-state index is 2.37. The Morgan fingerprint density at radius 1 is 0.300 bits per heavy atom. The molecule has 0 radical (unpaired) electrons. The molecule has 0 bridgehead atoms. The molecule has 9 rings (SSSR count). The van der Waals surface area contributed by atoms with Crippen LogP contribution in [-0.4, -0.2) is 4.57 Å². The quantitative estimate of drug-likeness (QED) is 0.169. The summed E-state index contributed by atoms with van der Waals surface area (Å²) in [5.74, 6) is 0. The summed E-state index contributed by atoms with van der Waals surface area (Å²) in [4.78, 5) is 2.37. The van der Waals surface area contributed by atoms with Crippen molar-refractivity contribution in [3.8, 4) is 39.1 Å². The molecule has 0 aliphatic heterocycles. The molecule has 0 atom stereocenters. The summed E-state index contributed by atoms with van der Waals surface area (Å²) in [5.41, 5.74) is 14.0. The van der Waals surface area contributed by atoms with Crippen LogP contribution in [0.15, 0.2) is 206 Å². The summed E-state index contributed by atoms with van der Waals surface area (Å²) in [6.07, 6.45) is 0. The smallest absolute Gasteiger partial charge is 0.0541 e. The molecule has 0 saturated carbocycles. The zero-order chi connectivity index (χ0) is 33.3. The van der Waals surface area contributed by atoms with E-state index in [0.717, 1.165) is 22.7 Å². The average Bonchev–Trinajstić information content (AvgIpc) is 3.54. The molecular weight excluding hydrogens is 605 g/mol. The van der Waals surface area contributed by atoms with E-state index < -0.39 is 0 Å². The Bertz CT molecular complexity index is 2500. The normalized spacial score (nSPS) is 11.2. The van der Waals surface area contributed by atoms with Crippen molar-refractivity contribution in [1.29, 1.82) is 0 Å². The molecule has 0 aliphatic carbocycles. The van der Waals surface area contributed by atoms with Crippen LogP contribution in [0.4, 0.5) is 17.1 Å². The van der Waals surface area contributed by atoms with Gasteiger partial charge in [-0.3, -0.25) is 0 Å². The van der Waals surface area contributed by atoms with Gasteiger partial charge in [0.25, 0.3) is 0 Å². The van der Waals surface area contributed by atoms with E-state index in [1.807, 2.05) is 0 Å². The molecule has 0 amide bonds. The fourth-order valence-corrected chi connectivity index (χ4v) is 7.23. The van der Waals surface area contributed by atoms with Crippen molar-refractivity contribution in [2.75, 3.05) is 4.90 Å². The van der Waals surface area contributed by atoms with Gasteiger partial charge in [-0.05, 0) is 94.0 Å². The van der Waals surface area contributed by atoms with E-state index in [9.17, 15) is 0 Å². The number of hydrogen-bond acceptors (Lipinski definition) is 1. The molecule has 236 valence electrons. The monoisotopic (exact) mass is 638 g/mol. The molecule has 1 aromatic heterocycles.